The number of aliphatic imine (C=N–C) groups is 1. The minimum Gasteiger partial charge on any atom is -0.352 e. The summed E-state index contributed by atoms with van der Waals surface area (Å²) in [6.45, 7) is 6.48. The standard InChI is InChI=1S/C18H26N4O2S2.HI/c1-18(2,3)22-26(23,24)16-8-6-5-7-15(16)12-21-17(19-4)20-11-14-9-10-25-13-14;/h5-10,13,22H,11-12H2,1-4H3,(H2,19,20,21);1H. The van der Waals surface area contributed by atoms with Gasteiger partial charge in [0.1, 0.15) is 0 Å². The molecule has 0 atom stereocenters. The maximum atomic E-state index is 12.7. The van der Waals surface area contributed by atoms with Crippen molar-refractivity contribution in [3.05, 3.63) is 52.2 Å². The molecule has 9 heteroatoms. The van der Waals surface area contributed by atoms with E-state index in [1.54, 1.807) is 36.6 Å². The molecule has 0 fully saturated rings. The quantitative estimate of drug-likeness (QED) is 0.309. The molecule has 0 radical (unpaired) electrons. The van der Waals surface area contributed by atoms with Crippen LogP contribution in [0.5, 0.6) is 0 Å². The molecule has 1 heterocycles. The number of rotatable bonds is 6. The Hall–Kier alpha value is -1.17. The number of halogens is 1. The fraction of sp³-hybridized carbons (Fsp3) is 0.389. The highest BCUT2D eigenvalue weighted by Crippen LogP contribution is 2.17. The Kier molecular flexibility index (Phi) is 9.19. The molecule has 0 aliphatic rings. The molecule has 0 amide bonds. The summed E-state index contributed by atoms with van der Waals surface area (Å²) < 4.78 is 28.1. The van der Waals surface area contributed by atoms with Crippen LogP contribution in [0.25, 0.3) is 0 Å². The number of nitrogens with one attached hydrogen (secondary N) is 3. The maximum absolute atomic E-state index is 12.7. The Balaban J connectivity index is 0.00000364. The van der Waals surface area contributed by atoms with E-state index in [-0.39, 0.29) is 28.9 Å². The SMILES string of the molecule is CN=C(NCc1ccsc1)NCc1ccccc1S(=O)(=O)NC(C)(C)C.I. The summed E-state index contributed by atoms with van der Waals surface area (Å²) in [5.41, 5.74) is 1.32. The normalized spacial score (nSPS) is 12.4. The first-order chi connectivity index (χ1) is 12.2. The van der Waals surface area contributed by atoms with E-state index in [0.717, 1.165) is 0 Å². The van der Waals surface area contributed by atoms with Crippen LogP contribution in [0.2, 0.25) is 0 Å². The highest BCUT2D eigenvalue weighted by atomic mass is 127. The van der Waals surface area contributed by atoms with Crippen LogP contribution in [0.1, 0.15) is 31.9 Å². The minimum absolute atomic E-state index is 0. The minimum atomic E-state index is -3.60. The van der Waals surface area contributed by atoms with Gasteiger partial charge in [-0.1, -0.05) is 18.2 Å². The van der Waals surface area contributed by atoms with Crippen LogP contribution in [0, 0.1) is 0 Å². The van der Waals surface area contributed by atoms with Crippen LogP contribution in [0.4, 0.5) is 0 Å². The summed E-state index contributed by atoms with van der Waals surface area (Å²) >= 11 is 1.64. The van der Waals surface area contributed by atoms with Crippen LogP contribution < -0.4 is 15.4 Å². The van der Waals surface area contributed by atoms with E-state index in [2.05, 4.69) is 25.7 Å². The number of guanidine groups is 1. The lowest BCUT2D eigenvalue weighted by atomic mass is 10.1. The molecule has 0 unspecified atom stereocenters. The first-order valence-corrected chi connectivity index (χ1v) is 10.7. The highest BCUT2D eigenvalue weighted by Gasteiger charge is 2.24. The molecule has 0 aliphatic carbocycles. The fourth-order valence-corrected chi connectivity index (χ4v) is 4.68. The Labute approximate surface area is 182 Å². The van der Waals surface area contributed by atoms with E-state index >= 15 is 0 Å². The second-order valence-corrected chi connectivity index (χ2v) is 9.30. The maximum Gasteiger partial charge on any atom is 0.241 e. The van der Waals surface area contributed by atoms with Crippen LogP contribution in [0.3, 0.4) is 0 Å². The first-order valence-electron chi connectivity index (χ1n) is 8.29. The van der Waals surface area contributed by atoms with Crippen molar-refractivity contribution in [2.24, 2.45) is 4.99 Å². The van der Waals surface area contributed by atoms with Crippen molar-refractivity contribution in [2.75, 3.05) is 7.05 Å². The van der Waals surface area contributed by atoms with Gasteiger partial charge in [-0.2, -0.15) is 11.3 Å². The average Bonchev–Trinajstić information content (AvgIpc) is 3.06. The van der Waals surface area contributed by atoms with Gasteiger partial charge in [0.05, 0.1) is 4.90 Å². The molecule has 150 valence electrons. The van der Waals surface area contributed by atoms with Crippen molar-refractivity contribution in [1.82, 2.24) is 15.4 Å². The largest absolute Gasteiger partial charge is 0.352 e. The third kappa shape index (κ3) is 7.76. The monoisotopic (exact) mass is 522 g/mol. The Morgan fingerprint density at radius 2 is 1.78 bits per heavy atom. The molecular weight excluding hydrogens is 495 g/mol. The van der Waals surface area contributed by atoms with E-state index in [9.17, 15) is 8.42 Å². The zero-order valence-corrected chi connectivity index (χ0v) is 19.9. The smallest absolute Gasteiger partial charge is 0.241 e. The van der Waals surface area contributed by atoms with Crippen molar-refractivity contribution in [2.45, 2.75) is 44.3 Å². The van der Waals surface area contributed by atoms with Crippen molar-refractivity contribution in [3.8, 4) is 0 Å². The second kappa shape index (κ2) is 10.4. The van der Waals surface area contributed by atoms with Gasteiger partial charge in [0.15, 0.2) is 5.96 Å². The van der Waals surface area contributed by atoms with Crippen molar-refractivity contribution in [1.29, 1.82) is 0 Å². The summed E-state index contributed by atoms with van der Waals surface area (Å²) in [7, 11) is -1.91. The number of hydrogen-bond acceptors (Lipinski definition) is 4. The van der Waals surface area contributed by atoms with Crippen molar-refractivity contribution >= 4 is 51.3 Å². The molecule has 1 aromatic heterocycles. The lowest BCUT2D eigenvalue weighted by molar-refractivity contribution is 0.491. The van der Waals surface area contributed by atoms with E-state index < -0.39 is 15.6 Å². The van der Waals surface area contributed by atoms with Gasteiger partial charge >= 0.3 is 0 Å². The zero-order chi connectivity index (χ0) is 19.2. The summed E-state index contributed by atoms with van der Waals surface area (Å²) in [5.74, 6) is 0.618. The summed E-state index contributed by atoms with van der Waals surface area (Å²) in [6, 6.07) is 9.02. The Morgan fingerprint density at radius 3 is 2.37 bits per heavy atom. The summed E-state index contributed by atoms with van der Waals surface area (Å²) in [4.78, 5) is 4.46. The molecule has 2 rings (SSSR count). The molecule has 3 N–H and O–H groups in total. The van der Waals surface area contributed by atoms with Crippen molar-refractivity contribution < 1.29 is 8.42 Å². The van der Waals surface area contributed by atoms with Gasteiger partial charge in [-0.25, -0.2) is 13.1 Å². The van der Waals surface area contributed by atoms with Gasteiger partial charge in [0.25, 0.3) is 0 Å². The molecule has 2 aromatic rings. The molecule has 27 heavy (non-hydrogen) atoms. The van der Waals surface area contributed by atoms with Gasteiger partial charge in [-0.3, -0.25) is 4.99 Å². The number of hydrogen-bond donors (Lipinski definition) is 3. The van der Waals surface area contributed by atoms with E-state index in [0.29, 0.717) is 24.6 Å². The number of thiophene rings is 1. The number of sulfonamides is 1. The molecule has 0 bridgehead atoms. The lowest BCUT2D eigenvalue weighted by Crippen LogP contribution is -2.41. The molecule has 0 spiro atoms. The average molecular weight is 522 g/mol. The van der Waals surface area contributed by atoms with Gasteiger partial charge in [0, 0.05) is 25.7 Å². The Bertz CT molecular complexity index is 844. The van der Waals surface area contributed by atoms with Crippen LogP contribution in [-0.4, -0.2) is 27.0 Å². The molecule has 1 aromatic carbocycles. The predicted octanol–water partition coefficient (Wildman–Crippen LogP) is 3.31. The van der Waals surface area contributed by atoms with Crippen LogP contribution in [0.15, 0.2) is 51.0 Å². The molecular formula is C18H27IN4O2S2. The van der Waals surface area contributed by atoms with E-state index in [1.807, 2.05) is 38.3 Å². The first kappa shape index (κ1) is 23.9. The fourth-order valence-electron chi connectivity index (χ4n) is 2.35. The van der Waals surface area contributed by atoms with Gasteiger partial charge in [0.2, 0.25) is 10.0 Å². The van der Waals surface area contributed by atoms with Crippen LogP contribution >= 0.6 is 35.3 Å². The third-order valence-electron chi connectivity index (χ3n) is 3.41. The molecule has 6 nitrogen and oxygen atoms in total. The summed E-state index contributed by atoms with van der Waals surface area (Å²) in [5, 5.41) is 10.5. The van der Waals surface area contributed by atoms with Gasteiger partial charge in [-0.05, 0) is 54.8 Å². The Morgan fingerprint density at radius 1 is 1.11 bits per heavy atom. The van der Waals surface area contributed by atoms with E-state index in [1.165, 1.54) is 5.56 Å². The second-order valence-electron chi connectivity index (χ2n) is 6.87. The third-order valence-corrected chi connectivity index (χ3v) is 6.00. The van der Waals surface area contributed by atoms with Crippen molar-refractivity contribution in [3.63, 3.8) is 0 Å². The zero-order valence-electron chi connectivity index (χ0n) is 15.9. The van der Waals surface area contributed by atoms with E-state index in [4.69, 9.17) is 0 Å². The highest BCUT2D eigenvalue weighted by molar-refractivity contribution is 14.0. The number of benzene rings is 1. The molecule has 0 aliphatic heterocycles. The number of nitrogens with zero attached hydrogens (tertiary/aromatic N) is 1. The lowest BCUT2D eigenvalue weighted by Gasteiger charge is -2.22. The topological polar surface area (TPSA) is 82.6 Å². The molecule has 0 saturated heterocycles. The summed E-state index contributed by atoms with van der Waals surface area (Å²) in [6.07, 6.45) is 0. The van der Waals surface area contributed by atoms with Gasteiger partial charge in [-0.15, -0.1) is 24.0 Å². The molecule has 0 saturated carbocycles. The predicted molar refractivity (Wildman–Crippen MR) is 123 cm³/mol. The van der Waals surface area contributed by atoms with Crippen LogP contribution in [-0.2, 0) is 23.1 Å². The van der Waals surface area contributed by atoms with Gasteiger partial charge < -0.3 is 10.6 Å².